The Morgan fingerprint density at radius 1 is 0.756 bits per heavy atom. The molecule has 6 aromatic carbocycles. The van der Waals surface area contributed by atoms with Crippen molar-refractivity contribution in [1.29, 1.82) is 5.41 Å². The first-order chi connectivity index (χ1) is 21.6. The zero-order valence-corrected chi connectivity index (χ0v) is 24.8. The molecular formula is C35H27N3O6S. The van der Waals surface area contributed by atoms with E-state index in [9.17, 15) is 18.3 Å². The SMILES string of the molecule is COc1ccc(S(=O)(=O)Nc2ccc(Oc3ccc4cc(C(=N)N)ccc4c3)c(-c3cc4ccccc4cc3C(=O)O)c2)cc1. The summed E-state index contributed by atoms with van der Waals surface area (Å²) in [6.45, 7) is 0. The van der Waals surface area contributed by atoms with E-state index in [-0.39, 0.29) is 22.0 Å². The number of fused-ring (bicyclic) bond motifs is 2. The number of nitrogen functional groups attached to an aromatic ring is 1. The Hall–Kier alpha value is -5.87. The van der Waals surface area contributed by atoms with Gasteiger partial charge in [0.1, 0.15) is 23.1 Å². The lowest BCUT2D eigenvalue weighted by atomic mass is 9.94. The fraction of sp³-hybridized carbons (Fsp3) is 0.0286. The number of anilines is 1. The molecule has 5 N–H and O–H groups in total. The number of carboxylic acids is 1. The van der Waals surface area contributed by atoms with E-state index in [1.165, 1.54) is 19.2 Å². The minimum Gasteiger partial charge on any atom is -0.497 e. The van der Waals surface area contributed by atoms with E-state index >= 15 is 0 Å². The highest BCUT2D eigenvalue weighted by molar-refractivity contribution is 7.92. The number of ether oxygens (including phenoxy) is 2. The number of nitrogens with two attached hydrogens (primary N) is 1. The lowest BCUT2D eigenvalue weighted by Crippen LogP contribution is -2.13. The van der Waals surface area contributed by atoms with E-state index in [1.54, 1.807) is 54.6 Å². The molecule has 224 valence electrons. The Bertz CT molecular complexity index is 2230. The number of sulfonamides is 1. The smallest absolute Gasteiger partial charge is 0.336 e. The highest BCUT2D eigenvalue weighted by atomic mass is 32.2. The van der Waals surface area contributed by atoms with Gasteiger partial charge in [0.2, 0.25) is 0 Å². The third-order valence-electron chi connectivity index (χ3n) is 7.36. The second-order valence-electron chi connectivity index (χ2n) is 10.3. The van der Waals surface area contributed by atoms with Gasteiger partial charge >= 0.3 is 5.97 Å². The Kier molecular flexibility index (Phi) is 7.57. The van der Waals surface area contributed by atoms with Crippen LogP contribution in [0.15, 0.2) is 120 Å². The summed E-state index contributed by atoms with van der Waals surface area (Å²) in [7, 11) is -2.50. The van der Waals surface area contributed by atoms with E-state index in [4.69, 9.17) is 20.6 Å². The fourth-order valence-electron chi connectivity index (χ4n) is 5.08. The zero-order chi connectivity index (χ0) is 31.7. The topological polar surface area (TPSA) is 152 Å². The molecule has 6 aromatic rings. The lowest BCUT2D eigenvalue weighted by molar-refractivity contribution is 0.0698. The predicted molar refractivity (Wildman–Crippen MR) is 175 cm³/mol. The first kappa shape index (κ1) is 29.2. The number of methoxy groups -OCH3 is 1. The van der Waals surface area contributed by atoms with Gasteiger partial charge in [0.25, 0.3) is 10.0 Å². The normalized spacial score (nSPS) is 11.3. The van der Waals surface area contributed by atoms with Crippen LogP contribution >= 0.6 is 0 Å². The Morgan fingerprint density at radius 3 is 2.09 bits per heavy atom. The summed E-state index contributed by atoms with van der Waals surface area (Å²) in [6, 6.07) is 32.2. The molecule has 0 fully saturated rings. The number of aromatic carboxylic acids is 1. The molecule has 0 amide bonds. The van der Waals surface area contributed by atoms with Crippen molar-refractivity contribution in [1.82, 2.24) is 0 Å². The van der Waals surface area contributed by atoms with Crippen LogP contribution in [-0.4, -0.2) is 32.4 Å². The van der Waals surface area contributed by atoms with Gasteiger partial charge in [-0.25, -0.2) is 13.2 Å². The van der Waals surface area contributed by atoms with Crippen molar-refractivity contribution in [3.63, 3.8) is 0 Å². The first-order valence-corrected chi connectivity index (χ1v) is 15.2. The number of hydrogen-bond donors (Lipinski definition) is 4. The van der Waals surface area contributed by atoms with E-state index in [2.05, 4.69) is 4.72 Å². The summed E-state index contributed by atoms with van der Waals surface area (Å²) in [5.41, 5.74) is 7.22. The summed E-state index contributed by atoms with van der Waals surface area (Å²) in [4.78, 5) is 12.5. The summed E-state index contributed by atoms with van der Waals surface area (Å²) < 4.78 is 40.6. The average Bonchev–Trinajstić information content (AvgIpc) is 3.04. The van der Waals surface area contributed by atoms with Crippen molar-refractivity contribution in [3.05, 3.63) is 126 Å². The van der Waals surface area contributed by atoms with Gasteiger partial charge in [-0.1, -0.05) is 42.5 Å². The molecule has 0 heterocycles. The maximum Gasteiger partial charge on any atom is 0.336 e. The van der Waals surface area contributed by atoms with Crippen LogP contribution in [0.2, 0.25) is 0 Å². The minimum absolute atomic E-state index is 0.0315. The van der Waals surface area contributed by atoms with Crippen LogP contribution in [0.4, 0.5) is 5.69 Å². The molecular weight excluding hydrogens is 590 g/mol. The second-order valence-corrected chi connectivity index (χ2v) is 12.0. The molecule has 0 unspecified atom stereocenters. The molecule has 0 aliphatic rings. The molecule has 0 aromatic heterocycles. The fourth-order valence-corrected chi connectivity index (χ4v) is 6.13. The molecule has 6 rings (SSSR count). The van der Waals surface area contributed by atoms with Crippen molar-refractivity contribution in [2.45, 2.75) is 4.90 Å². The predicted octanol–water partition coefficient (Wildman–Crippen LogP) is 7.24. The number of hydrogen-bond acceptors (Lipinski definition) is 6. The monoisotopic (exact) mass is 617 g/mol. The molecule has 0 saturated heterocycles. The molecule has 0 saturated carbocycles. The van der Waals surface area contributed by atoms with E-state index in [0.717, 1.165) is 21.5 Å². The Labute approximate surface area is 259 Å². The van der Waals surface area contributed by atoms with Gasteiger partial charge in [-0.05, 0) is 94.3 Å². The first-order valence-electron chi connectivity index (χ1n) is 13.7. The standard InChI is InChI=1S/C35H27N3O6S/c1-43-27-11-13-29(14-12-27)45(41,42)38-26-9-15-33(44-28-10-8-23-16-25(34(36)37)7-6-24(23)17-28)31(20-26)30-18-21-4-2-3-5-22(21)19-32(30)35(39)40/h2-20,38H,1H3,(H3,36,37)(H,39,40). The third-order valence-corrected chi connectivity index (χ3v) is 8.76. The van der Waals surface area contributed by atoms with Gasteiger partial charge in [-0.2, -0.15) is 0 Å². The van der Waals surface area contributed by atoms with Crippen LogP contribution in [0, 0.1) is 5.41 Å². The summed E-state index contributed by atoms with van der Waals surface area (Å²) >= 11 is 0. The molecule has 0 aliphatic carbocycles. The van der Waals surface area contributed by atoms with Gasteiger partial charge in [0.15, 0.2) is 0 Å². The van der Waals surface area contributed by atoms with Crippen molar-refractivity contribution in [2.24, 2.45) is 5.73 Å². The molecule has 10 heteroatoms. The molecule has 0 radical (unpaired) electrons. The average molecular weight is 618 g/mol. The number of carboxylic acid groups (broad SMARTS) is 1. The Balaban J connectivity index is 1.46. The van der Waals surface area contributed by atoms with E-state index < -0.39 is 16.0 Å². The van der Waals surface area contributed by atoms with Gasteiger partial charge in [-0.3, -0.25) is 10.1 Å². The summed E-state index contributed by atoms with van der Waals surface area (Å²) in [6.07, 6.45) is 0. The quantitative estimate of drug-likeness (QED) is 0.0985. The van der Waals surface area contributed by atoms with Crippen LogP contribution in [0.3, 0.4) is 0 Å². The second kappa shape index (κ2) is 11.7. The number of carbonyl (C=O) groups is 1. The largest absolute Gasteiger partial charge is 0.497 e. The van der Waals surface area contributed by atoms with Gasteiger partial charge in [0.05, 0.1) is 17.6 Å². The number of nitrogens with one attached hydrogen (secondary N) is 2. The van der Waals surface area contributed by atoms with Crippen LogP contribution in [-0.2, 0) is 10.0 Å². The maximum absolute atomic E-state index is 13.3. The third kappa shape index (κ3) is 5.99. The highest BCUT2D eigenvalue weighted by Gasteiger charge is 2.20. The lowest BCUT2D eigenvalue weighted by Gasteiger charge is -2.17. The van der Waals surface area contributed by atoms with Crippen LogP contribution in [0.25, 0.3) is 32.7 Å². The van der Waals surface area contributed by atoms with E-state index in [1.807, 2.05) is 48.5 Å². The van der Waals surface area contributed by atoms with Crippen LogP contribution in [0.1, 0.15) is 15.9 Å². The van der Waals surface area contributed by atoms with Gasteiger partial charge in [0, 0.05) is 22.4 Å². The number of rotatable bonds is 9. The zero-order valence-electron chi connectivity index (χ0n) is 23.9. The molecule has 0 aliphatic heterocycles. The molecule has 9 nitrogen and oxygen atoms in total. The molecule has 0 atom stereocenters. The summed E-state index contributed by atoms with van der Waals surface area (Å²) in [5, 5.41) is 21.2. The molecule has 0 spiro atoms. The Morgan fingerprint density at radius 2 is 1.40 bits per heavy atom. The van der Waals surface area contributed by atoms with Gasteiger partial charge < -0.3 is 20.3 Å². The van der Waals surface area contributed by atoms with Gasteiger partial charge in [-0.15, -0.1) is 0 Å². The van der Waals surface area contributed by atoms with Crippen molar-refractivity contribution < 1.29 is 27.8 Å². The molecule has 45 heavy (non-hydrogen) atoms. The highest BCUT2D eigenvalue weighted by Crippen LogP contribution is 2.40. The van der Waals surface area contributed by atoms with E-state index in [0.29, 0.717) is 33.9 Å². The number of benzene rings is 6. The maximum atomic E-state index is 13.3. The number of amidine groups is 1. The van der Waals surface area contributed by atoms with Crippen LogP contribution in [0.5, 0.6) is 17.2 Å². The van der Waals surface area contributed by atoms with Crippen molar-refractivity contribution >= 4 is 49.1 Å². The van der Waals surface area contributed by atoms with Crippen molar-refractivity contribution in [3.8, 4) is 28.4 Å². The van der Waals surface area contributed by atoms with Crippen molar-refractivity contribution in [2.75, 3.05) is 11.8 Å². The van der Waals surface area contributed by atoms with Crippen LogP contribution < -0.4 is 19.9 Å². The minimum atomic E-state index is -3.99. The summed E-state index contributed by atoms with van der Waals surface area (Å²) in [5.74, 6) is 0.138. The molecule has 0 bridgehead atoms.